The average molecular weight is 240 g/mol. The van der Waals surface area contributed by atoms with Crippen LogP contribution in [0.4, 0.5) is 0 Å². The molecule has 0 spiro atoms. The monoisotopic (exact) mass is 240 g/mol. The Morgan fingerprint density at radius 2 is 2.00 bits per heavy atom. The van der Waals surface area contributed by atoms with Crippen molar-refractivity contribution in [2.45, 2.75) is 6.92 Å². The van der Waals surface area contributed by atoms with Gasteiger partial charge in [0.25, 0.3) is 5.91 Å². The Kier molecular flexibility index (Phi) is 2.23. The molecule has 0 saturated carbocycles. The van der Waals surface area contributed by atoms with Crippen molar-refractivity contribution in [3.63, 3.8) is 0 Å². The highest BCUT2D eigenvalue weighted by Crippen LogP contribution is 2.32. The van der Waals surface area contributed by atoms with Crippen molar-refractivity contribution < 1.29 is 9.21 Å². The van der Waals surface area contributed by atoms with Gasteiger partial charge in [-0.05, 0) is 6.92 Å². The number of hydrogen-bond acceptors (Lipinski definition) is 2. The average Bonchev–Trinajstić information content (AvgIpc) is 2.91. The highest BCUT2D eigenvalue weighted by atomic mass is 16.3. The summed E-state index contributed by atoms with van der Waals surface area (Å²) in [7, 11) is 0. The molecule has 0 aliphatic carbocycles. The van der Waals surface area contributed by atoms with Gasteiger partial charge in [-0.2, -0.15) is 0 Å². The third-order valence-electron chi connectivity index (χ3n) is 3.01. The Hall–Kier alpha value is -2.49. The van der Waals surface area contributed by atoms with Crippen molar-refractivity contribution >= 4 is 17.0 Å². The molecule has 2 aromatic heterocycles. The van der Waals surface area contributed by atoms with E-state index in [4.69, 9.17) is 10.2 Å². The number of furan rings is 1. The number of nitrogens with two attached hydrogens (primary N) is 1. The van der Waals surface area contributed by atoms with Gasteiger partial charge in [0.15, 0.2) is 5.58 Å². The van der Waals surface area contributed by atoms with E-state index in [1.165, 1.54) is 0 Å². The van der Waals surface area contributed by atoms with Crippen LogP contribution >= 0.6 is 0 Å². The molecule has 90 valence electrons. The highest BCUT2D eigenvalue weighted by molar-refractivity contribution is 5.97. The van der Waals surface area contributed by atoms with Crippen LogP contribution in [0.3, 0.4) is 0 Å². The summed E-state index contributed by atoms with van der Waals surface area (Å²) in [4.78, 5) is 14.1. The number of benzene rings is 1. The Morgan fingerprint density at radius 3 is 2.61 bits per heavy atom. The summed E-state index contributed by atoms with van der Waals surface area (Å²) in [5, 5.41) is 0. The lowest BCUT2D eigenvalue weighted by molar-refractivity contribution is 0.0996. The number of carbonyl (C=O) groups excluding carboxylic acids is 1. The first-order chi connectivity index (χ1) is 8.66. The number of fused-ring (bicyclic) bond motifs is 1. The lowest BCUT2D eigenvalue weighted by Crippen LogP contribution is -2.10. The van der Waals surface area contributed by atoms with Gasteiger partial charge in [0.05, 0.1) is 5.52 Å². The van der Waals surface area contributed by atoms with E-state index in [9.17, 15) is 4.79 Å². The van der Waals surface area contributed by atoms with E-state index < -0.39 is 5.91 Å². The van der Waals surface area contributed by atoms with Crippen molar-refractivity contribution in [1.82, 2.24) is 4.98 Å². The molecule has 3 aromatic rings. The van der Waals surface area contributed by atoms with Crippen molar-refractivity contribution in [1.29, 1.82) is 0 Å². The van der Waals surface area contributed by atoms with E-state index in [-0.39, 0.29) is 0 Å². The quantitative estimate of drug-likeness (QED) is 0.722. The number of primary amides is 1. The topological polar surface area (TPSA) is 72.0 Å². The molecule has 0 atom stereocenters. The Bertz CT molecular complexity index is 723. The molecular formula is C14H12N2O2. The SMILES string of the molecule is Cc1c(-c2ccccc2)oc2cc(C(N)=O)[nH]c12. The van der Waals surface area contributed by atoms with Gasteiger partial charge in [0.2, 0.25) is 0 Å². The van der Waals surface area contributed by atoms with Crippen molar-refractivity contribution in [2.24, 2.45) is 5.73 Å². The number of aryl methyl sites for hydroxylation is 1. The van der Waals surface area contributed by atoms with Crippen LogP contribution in [0, 0.1) is 6.92 Å². The Labute approximate surface area is 103 Å². The maximum absolute atomic E-state index is 11.1. The molecule has 4 heteroatoms. The second-order valence-electron chi connectivity index (χ2n) is 4.21. The smallest absolute Gasteiger partial charge is 0.265 e. The maximum Gasteiger partial charge on any atom is 0.265 e. The molecule has 3 N–H and O–H groups in total. The third kappa shape index (κ3) is 1.50. The van der Waals surface area contributed by atoms with Crippen molar-refractivity contribution in [3.05, 3.63) is 47.7 Å². The molecule has 18 heavy (non-hydrogen) atoms. The number of H-pyrrole nitrogens is 1. The maximum atomic E-state index is 11.1. The van der Waals surface area contributed by atoms with Gasteiger partial charge in [-0.1, -0.05) is 30.3 Å². The molecule has 0 bridgehead atoms. The lowest BCUT2D eigenvalue weighted by Gasteiger charge is -1.97. The largest absolute Gasteiger partial charge is 0.454 e. The fraction of sp³-hybridized carbons (Fsp3) is 0.0714. The van der Waals surface area contributed by atoms with Crippen LogP contribution in [0.5, 0.6) is 0 Å². The van der Waals surface area contributed by atoms with Crippen molar-refractivity contribution in [3.8, 4) is 11.3 Å². The van der Waals surface area contributed by atoms with Gasteiger partial charge in [-0.3, -0.25) is 4.79 Å². The third-order valence-corrected chi connectivity index (χ3v) is 3.01. The van der Waals surface area contributed by atoms with Crippen LogP contribution in [0.2, 0.25) is 0 Å². The van der Waals surface area contributed by atoms with Gasteiger partial charge in [-0.25, -0.2) is 0 Å². The predicted molar refractivity (Wildman–Crippen MR) is 69.3 cm³/mol. The van der Waals surface area contributed by atoms with Gasteiger partial charge >= 0.3 is 0 Å². The van der Waals surface area contributed by atoms with Crippen LogP contribution in [0.15, 0.2) is 40.8 Å². The number of aromatic nitrogens is 1. The van der Waals surface area contributed by atoms with E-state index >= 15 is 0 Å². The first kappa shape index (κ1) is 10.7. The van der Waals surface area contributed by atoms with Crippen molar-refractivity contribution in [2.75, 3.05) is 0 Å². The number of amides is 1. The van der Waals surface area contributed by atoms with Gasteiger partial charge in [-0.15, -0.1) is 0 Å². The molecule has 0 aliphatic heterocycles. The van der Waals surface area contributed by atoms with E-state index in [1.807, 2.05) is 37.3 Å². The minimum Gasteiger partial charge on any atom is -0.454 e. The normalized spacial score (nSPS) is 10.9. The summed E-state index contributed by atoms with van der Waals surface area (Å²) >= 11 is 0. The number of carbonyl (C=O) groups is 1. The molecule has 1 aromatic carbocycles. The molecule has 0 aliphatic rings. The van der Waals surface area contributed by atoms with Crippen LogP contribution in [0.1, 0.15) is 16.1 Å². The molecule has 0 fully saturated rings. The van der Waals surface area contributed by atoms with Crippen LogP contribution in [0.25, 0.3) is 22.4 Å². The zero-order valence-electron chi connectivity index (χ0n) is 9.86. The first-order valence-corrected chi connectivity index (χ1v) is 5.64. The molecule has 1 amide bonds. The number of hydrogen-bond donors (Lipinski definition) is 2. The summed E-state index contributed by atoms with van der Waals surface area (Å²) in [5.41, 5.74) is 9.06. The predicted octanol–water partition coefficient (Wildman–Crippen LogP) is 2.84. The zero-order chi connectivity index (χ0) is 12.7. The minimum absolute atomic E-state index is 0.367. The molecule has 4 nitrogen and oxygen atoms in total. The molecule has 0 radical (unpaired) electrons. The van der Waals surface area contributed by atoms with E-state index in [2.05, 4.69) is 4.98 Å². The fourth-order valence-corrected chi connectivity index (χ4v) is 2.09. The standard InChI is InChI=1S/C14H12N2O2/c1-8-12-11(7-10(16-12)14(15)17)18-13(8)9-5-3-2-4-6-9/h2-7,16H,1H3,(H2,15,17). The van der Waals surface area contributed by atoms with Crippen LogP contribution < -0.4 is 5.73 Å². The highest BCUT2D eigenvalue weighted by Gasteiger charge is 2.16. The molecule has 2 heterocycles. The van der Waals surface area contributed by atoms with Gasteiger partial charge in [0.1, 0.15) is 11.5 Å². The fourth-order valence-electron chi connectivity index (χ4n) is 2.09. The van der Waals surface area contributed by atoms with E-state index in [0.29, 0.717) is 11.3 Å². The molecule has 3 rings (SSSR count). The van der Waals surface area contributed by atoms with Gasteiger partial charge in [0, 0.05) is 17.2 Å². The van der Waals surface area contributed by atoms with E-state index in [0.717, 1.165) is 22.4 Å². The molecular weight excluding hydrogens is 228 g/mol. The summed E-state index contributed by atoms with van der Waals surface area (Å²) in [6, 6.07) is 11.5. The summed E-state index contributed by atoms with van der Waals surface area (Å²) in [5.74, 6) is 0.329. The lowest BCUT2D eigenvalue weighted by atomic mass is 10.1. The summed E-state index contributed by atoms with van der Waals surface area (Å²) in [6.45, 7) is 1.95. The molecule has 0 unspecified atom stereocenters. The number of aromatic amines is 1. The number of rotatable bonds is 2. The van der Waals surface area contributed by atoms with Crippen LogP contribution in [-0.2, 0) is 0 Å². The first-order valence-electron chi connectivity index (χ1n) is 5.64. The summed E-state index contributed by atoms with van der Waals surface area (Å²) in [6.07, 6.45) is 0. The van der Waals surface area contributed by atoms with Gasteiger partial charge < -0.3 is 15.1 Å². The Morgan fingerprint density at radius 1 is 1.28 bits per heavy atom. The minimum atomic E-state index is -0.484. The molecule has 0 saturated heterocycles. The van der Waals surface area contributed by atoms with Crippen LogP contribution in [-0.4, -0.2) is 10.9 Å². The Balaban J connectivity index is 2.19. The summed E-state index contributed by atoms with van der Waals surface area (Å²) < 4.78 is 5.78. The second kappa shape index (κ2) is 3.77. The second-order valence-corrected chi connectivity index (χ2v) is 4.21. The van der Waals surface area contributed by atoms with E-state index in [1.54, 1.807) is 6.07 Å². The zero-order valence-corrected chi connectivity index (χ0v) is 9.86. The number of nitrogens with one attached hydrogen (secondary N) is 1.